The van der Waals surface area contributed by atoms with Crippen LogP contribution in [0.4, 0.5) is 0 Å². The number of nitrogens with zero attached hydrogens (tertiary/aromatic N) is 1. The fourth-order valence-electron chi connectivity index (χ4n) is 1.95. The maximum Gasteiger partial charge on any atom is 0.308 e. The molecule has 1 amide bonds. The number of aryl methyl sites for hydroxylation is 2. The summed E-state index contributed by atoms with van der Waals surface area (Å²) in [5.41, 5.74) is 0.708. The molecule has 5 nitrogen and oxygen atoms in total. The van der Waals surface area contributed by atoms with E-state index in [-0.39, 0.29) is 18.4 Å². The lowest BCUT2D eigenvalue weighted by Gasteiger charge is -2.15. The van der Waals surface area contributed by atoms with Crippen LogP contribution in [0.1, 0.15) is 47.6 Å². The molecule has 112 valence electrons. The summed E-state index contributed by atoms with van der Waals surface area (Å²) in [4.78, 5) is 28.1. The van der Waals surface area contributed by atoms with Gasteiger partial charge in [0.2, 0.25) is 0 Å². The zero-order valence-electron chi connectivity index (χ0n) is 12.4. The molecule has 0 aliphatic heterocycles. The Morgan fingerprint density at radius 2 is 2.05 bits per heavy atom. The van der Waals surface area contributed by atoms with E-state index in [1.165, 1.54) is 11.3 Å². The Labute approximate surface area is 123 Å². The maximum atomic E-state index is 12.1. The number of aliphatic carboxylic acids is 1. The summed E-state index contributed by atoms with van der Waals surface area (Å²) in [5, 5.41) is 12.8. The zero-order chi connectivity index (χ0) is 15.3. The van der Waals surface area contributed by atoms with Crippen LogP contribution in [0, 0.1) is 18.8 Å². The average Bonchev–Trinajstić information content (AvgIpc) is 2.74. The number of thiazole rings is 1. The molecule has 0 aromatic carbocycles. The van der Waals surface area contributed by atoms with Crippen molar-refractivity contribution in [2.75, 3.05) is 6.54 Å². The van der Waals surface area contributed by atoms with Crippen molar-refractivity contribution in [3.63, 3.8) is 0 Å². The molecule has 0 saturated heterocycles. The van der Waals surface area contributed by atoms with Crippen LogP contribution in [0.2, 0.25) is 0 Å². The number of aromatic nitrogens is 1. The smallest absolute Gasteiger partial charge is 0.308 e. The van der Waals surface area contributed by atoms with Gasteiger partial charge >= 0.3 is 5.97 Å². The topological polar surface area (TPSA) is 79.3 Å². The quantitative estimate of drug-likeness (QED) is 0.810. The Bertz CT molecular complexity index is 483. The highest BCUT2D eigenvalue weighted by Crippen LogP contribution is 2.18. The molecule has 1 aromatic rings. The van der Waals surface area contributed by atoms with Gasteiger partial charge in [0.05, 0.1) is 16.6 Å². The summed E-state index contributed by atoms with van der Waals surface area (Å²) in [7, 11) is 0. The molecular formula is C14H22N2O3S. The van der Waals surface area contributed by atoms with Gasteiger partial charge in [-0.1, -0.05) is 20.8 Å². The maximum absolute atomic E-state index is 12.1. The zero-order valence-corrected chi connectivity index (χ0v) is 13.2. The van der Waals surface area contributed by atoms with Gasteiger partial charge in [-0.25, -0.2) is 4.98 Å². The first kappa shape index (κ1) is 16.6. The molecule has 0 aliphatic carbocycles. The van der Waals surface area contributed by atoms with E-state index in [0.717, 1.165) is 11.4 Å². The van der Waals surface area contributed by atoms with Gasteiger partial charge < -0.3 is 10.4 Å². The molecule has 1 atom stereocenters. The fraction of sp³-hybridized carbons (Fsp3) is 0.643. The van der Waals surface area contributed by atoms with Crippen molar-refractivity contribution in [3.8, 4) is 0 Å². The summed E-state index contributed by atoms with van der Waals surface area (Å²) in [6.07, 6.45) is 1.35. The second kappa shape index (κ2) is 7.38. The Morgan fingerprint density at radius 3 is 2.50 bits per heavy atom. The van der Waals surface area contributed by atoms with Gasteiger partial charge in [-0.15, -0.1) is 11.3 Å². The second-order valence-electron chi connectivity index (χ2n) is 5.25. The number of amides is 1. The van der Waals surface area contributed by atoms with Crippen LogP contribution in [0.3, 0.4) is 0 Å². The number of hydrogen-bond donors (Lipinski definition) is 2. The lowest BCUT2D eigenvalue weighted by atomic mass is 9.97. The standard InChI is InChI=1S/C14H22N2O3S/c1-5-11-16-9(4)12(20-11)13(17)15-7-10(14(18)19)6-8(2)3/h8,10H,5-7H2,1-4H3,(H,15,17)(H,18,19). The third-order valence-electron chi connectivity index (χ3n) is 2.96. The lowest BCUT2D eigenvalue weighted by Crippen LogP contribution is -2.33. The molecule has 1 unspecified atom stereocenters. The summed E-state index contributed by atoms with van der Waals surface area (Å²) < 4.78 is 0. The van der Waals surface area contributed by atoms with E-state index in [1.54, 1.807) is 6.92 Å². The van der Waals surface area contributed by atoms with Gasteiger partial charge in [0.1, 0.15) is 4.88 Å². The minimum Gasteiger partial charge on any atom is -0.481 e. The third-order valence-corrected chi connectivity index (χ3v) is 4.26. The van der Waals surface area contributed by atoms with Gasteiger partial charge in [-0.3, -0.25) is 9.59 Å². The van der Waals surface area contributed by atoms with Gasteiger partial charge in [0.25, 0.3) is 5.91 Å². The highest BCUT2D eigenvalue weighted by atomic mass is 32.1. The van der Waals surface area contributed by atoms with Crippen molar-refractivity contribution in [2.24, 2.45) is 11.8 Å². The fourth-order valence-corrected chi connectivity index (χ4v) is 2.87. The molecule has 0 saturated carbocycles. The number of carboxylic acid groups (broad SMARTS) is 1. The summed E-state index contributed by atoms with van der Waals surface area (Å²) >= 11 is 1.37. The number of carboxylic acids is 1. The van der Waals surface area contributed by atoms with Gasteiger partial charge in [-0.05, 0) is 25.7 Å². The lowest BCUT2D eigenvalue weighted by molar-refractivity contribution is -0.142. The van der Waals surface area contributed by atoms with Crippen LogP contribution in [0.5, 0.6) is 0 Å². The molecule has 6 heteroatoms. The Hall–Kier alpha value is -1.43. The first-order chi connectivity index (χ1) is 9.35. The predicted octanol–water partition coefficient (Wildman–Crippen LogP) is 2.49. The van der Waals surface area contributed by atoms with E-state index in [4.69, 9.17) is 5.11 Å². The molecule has 20 heavy (non-hydrogen) atoms. The summed E-state index contributed by atoms with van der Waals surface area (Å²) in [5.74, 6) is -1.35. The van der Waals surface area contributed by atoms with Crippen molar-refractivity contribution in [3.05, 3.63) is 15.6 Å². The normalized spacial score (nSPS) is 12.4. The van der Waals surface area contributed by atoms with Crippen LogP contribution in [0.25, 0.3) is 0 Å². The molecule has 1 heterocycles. The van der Waals surface area contributed by atoms with Crippen molar-refractivity contribution in [1.82, 2.24) is 10.3 Å². The van der Waals surface area contributed by atoms with Crippen LogP contribution >= 0.6 is 11.3 Å². The van der Waals surface area contributed by atoms with Gasteiger partial charge in [0.15, 0.2) is 0 Å². The molecule has 0 fully saturated rings. The van der Waals surface area contributed by atoms with Crippen LogP contribution in [-0.4, -0.2) is 28.5 Å². The van der Waals surface area contributed by atoms with E-state index < -0.39 is 11.9 Å². The van der Waals surface area contributed by atoms with Crippen LogP contribution < -0.4 is 5.32 Å². The summed E-state index contributed by atoms with van der Waals surface area (Å²) in [6.45, 7) is 7.89. The first-order valence-corrected chi connectivity index (χ1v) is 7.64. The van der Waals surface area contributed by atoms with E-state index in [1.807, 2.05) is 20.8 Å². The van der Waals surface area contributed by atoms with Crippen LogP contribution in [-0.2, 0) is 11.2 Å². The number of rotatable bonds is 7. The minimum atomic E-state index is -0.866. The van der Waals surface area contributed by atoms with Crippen molar-refractivity contribution in [1.29, 1.82) is 0 Å². The third kappa shape index (κ3) is 4.59. The van der Waals surface area contributed by atoms with Crippen molar-refractivity contribution >= 4 is 23.2 Å². The highest BCUT2D eigenvalue weighted by Gasteiger charge is 2.21. The van der Waals surface area contributed by atoms with Crippen molar-refractivity contribution in [2.45, 2.75) is 40.5 Å². The van der Waals surface area contributed by atoms with E-state index >= 15 is 0 Å². The predicted molar refractivity (Wildman–Crippen MR) is 79.1 cm³/mol. The molecular weight excluding hydrogens is 276 g/mol. The first-order valence-electron chi connectivity index (χ1n) is 6.82. The molecule has 1 rings (SSSR count). The van der Waals surface area contributed by atoms with E-state index in [2.05, 4.69) is 10.3 Å². The SMILES string of the molecule is CCc1nc(C)c(C(=O)NCC(CC(C)C)C(=O)O)s1. The van der Waals surface area contributed by atoms with Gasteiger partial charge in [0, 0.05) is 6.54 Å². The van der Waals surface area contributed by atoms with Crippen molar-refractivity contribution < 1.29 is 14.7 Å². The second-order valence-corrected chi connectivity index (χ2v) is 6.33. The van der Waals surface area contributed by atoms with E-state index in [0.29, 0.717) is 17.0 Å². The molecule has 0 aliphatic rings. The molecule has 0 radical (unpaired) electrons. The summed E-state index contributed by atoms with van der Waals surface area (Å²) in [6, 6.07) is 0. The number of hydrogen-bond acceptors (Lipinski definition) is 4. The minimum absolute atomic E-state index is 0.158. The number of nitrogens with one attached hydrogen (secondary N) is 1. The Morgan fingerprint density at radius 1 is 1.40 bits per heavy atom. The highest BCUT2D eigenvalue weighted by molar-refractivity contribution is 7.13. The van der Waals surface area contributed by atoms with E-state index in [9.17, 15) is 9.59 Å². The average molecular weight is 298 g/mol. The monoisotopic (exact) mass is 298 g/mol. The van der Waals surface area contributed by atoms with Gasteiger partial charge in [-0.2, -0.15) is 0 Å². The Kier molecular flexibility index (Phi) is 6.13. The Balaban J connectivity index is 2.65. The molecule has 0 bridgehead atoms. The largest absolute Gasteiger partial charge is 0.481 e. The van der Waals surface area contributed by atoms with Crippen LogP contribution in [0.15, 0.2) is 0 Å². The molecule has 1 aromatic heterocycles. The number of carbonyl (C=O) groups is 2. The molecule has 0 spiro atoms. The number of carbonyl (C=O) groups excluding carboxylic acids is 1. The molecule has 2 N–H and O–H groups in total.